The van der Waals surface area contributed by atoms with E-state index in [1.54, 1.807) is 6.92 Å². The summed E-state index contributed by atoms with van der Waals surface area (Å²) in [5, 5.41) is 13.4. The Balaban J connectivity index is 1.74. The van der Waals surface area contributed by atoms with Crippen LogP contribution < -0.4 is 9.47 Å². The Morgan fingerprint density at radius 2 is 0.884 bits per heavy atom. The molecule has 7 heteroatoms. The fourth-order valence-electron chi connectivity index (χ4n) is 6.77. The molecule has 5 aromatic carbocycles. The highest BCUT2D eigenvalue weighted by Crippen LogP contribution is 2.72. The maximum atomic E-state index is 13.3. The molecule has 1 N–H and O–H groups in total. The van der Waals surface area contributed by atoms with Gasteiger partial charge >= 0.3 is 0 Å². The fraction of sp³-hybridized carbons (Fsp3) is 0.111. The SMILES string of the molecule is C[C@@]1(O)C(c2ccccc2)=C(c2ccccc2)[C@]2(c3ccccc3)Oc3c(Cl)c(Cl)c(Cl)c(Cl)c3O[C@@]21c1ccccc1. The first kappa shape index (κ1) is 28.3. The Hall–Kier alpha value is -3.44. The van der Waals surface area contributed by atoms with Crippen LogP contribution in [0.1, 0.15) is 29.2 Å². The Morgan fingerprint density at radius 3 is 1.37 bits per heavy atom. The van der Waals surface area contributed by atoms with Crippen LogP contribution in [0, 0.1) is 0 Å². The Labute approximate surface area is 269 Å². The molecular weight excluding hydrogens is 622 g/mol. The lowest BCUT2D eigenvalue weighted by Gasteiger charge is -2.55. The van der Waals surface area contributed by atoms with Gasteiger partial charge in [-0.05, 0) is 18.1 Å². The van der Waals surface area contributed by atoms with E-state index < -0.39 is 16.8 Å². The molecule has 0 radical (unpaired) electrons. The first-order valence-corrected chi connectivity index (χ1v) is 15.2. The van der Waals surface area contributed by atoms with Crippen LogP contribution in [0.25, 0.3) is 11.1 Å². The van der Waals surface area contributed by atoms with Gasteiger partial charge in [0.25, 0.3) is 0 Å². The van der Waals surface area contributed by atoms with Crippen molar-refractivity contribution < 1.29 is 14.6 Å². The maximum Gasteiger partial charge on any atom is 0.214 e. The molecule has 7 rings (SSSR count). The van der Waals surface area contributed by atoms with E-state index in [4.69, 9.17) is 55.9 Å². The van der Waals surface area contributed by atoms with Crippen molar-refractivity contribution in [2.24, 2.45) is 0 Å². The third kappa shape index (κ3) is 3.79. The van der Waals surface area contributed by atoms with Gasteiger partial charge in [0.1, 0.15) is 15.6 Å². The van der Waals surface area contributed by atoms with Crippen LogP contribution in [-0.4, -0.2) is 10.7 Å². The average molecular weight is 646 g/mol. The van der Waals surface area contributed by atoms with E-state index in [2.05, 4.69) is 0 Å². The first-order valence-electron chi connectivity index (χ1n) is 13.7. The van der Waals surface area contributed by atoms with E-state index >= 15 is 0 Å². The van der Waals surface area contributed by atoms with Crippen LogP contribution in [0.4, 0.5) is 0 Å². The predicted molar refractivity (Wildman–Crippen MR) is 174 cm³/mol. The summed E-state index contributed by atoms with van der Waals surface area (Å²) in [7, 11) is 0. The number of hydrogen-bond acceptors (Lipinski definition) is 3. The molecule has 0 unspecified atom stereocenters. The van der Waals surface area contributed by atoms with E-state index in [9.17, 15) is 5.11 Å². The molecule has 0 spiro atoms. The predicted octanol–water partition coefficient (Wildman–Crippen LogP) is 10.2. The molecule has 0 aromatic heterocycles. The van der Waals surface area contributed by atoms with Crippen LogP contribution in [0.5, 0.6) is 11.5 Å². The number of benzene rings is 5. The summed E-state index contributed by atoms with van der Waals surface area (Å²) in [6.07, 6.45) is 0. The molecular formula is C36H24Cl4O3. The Bertz CT molecular complexity index is 1880. The quantitative estimate of drug-likeness (QED) is 0.156. The zero-order valence-electron chi connectivity index (χ0n) is 22.8. The van der Waals surface area contributed by atoms with Crippen molar-refractivity contribution in [1.29, 1.82) is 0 Å². The van der Waals surface area contributed by atoms with Crippen LogP contribution in [0.3, 0.4) is 0 Å². The lowest BCUT2D eigenvalue weighted by atomic mass is 9.65. The van der Waals surface area contributed by atoms with E-state index in [1.165, 1.54) is 0 Å². The largest absolute Gasteiger partial charge is 0.469 e. The van der Waals surface area contributed by atoms with Crippen molar-refractivity contribution in [3.05, 3.63) is 164 Å². The van der Waals surface area contributed by atoms with Gasteiger partial charge in [0.05, 0.1) is 10.0 Å². The Kier molecular flexibility index (Phi) is 6.81. The summed E-state index contributed by atoms with van der Waals surface area (Å²) in [6, 6.07) is 38.9. The summed E-state index contributed by atoms with van der Waals surface area (Å²) in [4.78, 5) is 0. The number of fused-ring (bicyclic) bond motifs is 2. The van der Waals surface area contributed by atoms with Crippen molar-refractivity contribution >= 4 is 57.5 Å². The van der Waals surface area contributed by atoms with Gasteiger partial charge in [-0.1, -0.05) is 168 Å². The molecule has 0 bridgehead atoms. The zero-order valence-corrected chi connectivity index (χ0v) is 25.8. The van der Waals surface area contributed by atoms with Gasteiger partial charge in [0.2, 0.25) is 11.2 Å². The van der Waals surface area contributed by atoms with Crippen molar-refractivity contribution in [2.75, 3.05) is 0 Å². The highest BCUT2D eigenvalue weighted by atomic mass is 35.5. The molecule has 0 saturated carbocycles. The summed E-state index contributed by atoms with van der Waals surface area (Å²) in [5.41, 5.74) is -0.518. The lowest BCUT2D eigenvalue weighted by Crippen LogP contribution is -2.65. The standard InChI is InChI=1S/C36H24Cl4O3/c1-34(41)26(22-14-6-2-7-15-22)27(23-16-8-3-9-17-23)35(24-18-10-4-11-19-24)36(34,25-20-12-5-13-21-25)43-33-31(40)29(38)28(37)30(39)32(33)42-35/h2-21,41H,1H3/t34-,35+,36-/m1/s1. The Morgan fingerprint density at radius 1 is 0.488 bits per heavy atom. The van der Waals surface area contributed by atoms with E-state index in [0.29, 0.717) is 16.7 Å². The van der Waals surface area contributed by atoms with E-state index in [0.717, 1.165) is 16.7 Å². The van der Waals surface area contributed by atoms with Gasteiger partial charge in [0, 0.05) is 22.3 Å². The van der Waals surface area contributed by atoms with Gasteiger partial charge in [0.15, 0.2) is 11.5 Å². The first-order chi connectivity index (χ1) is 20.8. The van der Waals surface area contributed by atoms with Gasteiger partial charge in [-0.3, -0.25) is 0 Å². The molecule has 0 saturated heterocycles. The number of rotatable bonds is 4. The zero-order chi connectivity index (χ0) is 30.0. The third-order valence-corrected chi connectivity index (χ3v) is 10.2. The molecule has 3 atom stereocenters. The highest BCUT2D eigenvalue weighted by molar-refractivity contribution is 6.53. The molecule has 3 nitrogen and oxygen atoms in total. The van der Waals surface area contributed by atoms with Gasteiger partial charge < -0.3 is 14.6 Å². The summed E-state index contributed by atoms with van der Waals surface area (Å²) < 4.78 is 14.5. The van der Waals surface area contributed by atoms with Crippen molar-refractivity contribution in [2.45, 2.75) is 23.7 Å². The van der Waals surface area contributed by atoms with Gasteiger partial charge in [-0.2, -0.15) is 0 Å². The second-order valence-corrected chi connectivity index (χ2v) is 12.3. The molecule has 1 aliphatic heterocycles. The summed E-state index contributed by atoms with van der Waals surface area (Å²) in [5.74, 6) is 0.230. The molecule has 2 aliphatic rings. The molecule has 5 aromatic rings. The third-order valence-electron chi connectivity index (χ3n) is 8.45. The molecule has 1 aliphatic carbocycles. The normalized spacial score (nSPS) is 24.1. The minimum atomic E-state index is -1.73. The van der Waals surface area contributed by atoms with Crippen LogP contribution in [0.15, 0.2) is 121 Å². The average Bonchev–Trinajstić information content (AvgIpc) is 3.24. The number of aliphatic hydroxyl groups is 1. The number of hydrogen-bond donors (Lipinski definition) is 1. The lowest BCUT2D eigenvalue weighted by molar-refractivity contribution is -0.189. The second-order valence-electron chi connectivity index (χ2n) is 10.8. The minimum absolute atomic E-state index is 0.0308. The summed E-state index contributed by atoms with van der Waals surface area (Å²) >= 11 is 26.9. The molecule has 0 amide bonds. The van der Waals surface area contributed by atoms with Crippen LogP contribution in [0.2, 0.25) is 20.1 Å². The van der Waals surface area contributed by atoms with Crippen molar-refractivity contribution in [3.8, 4) is 11.5 Å². The van der Waals surface area contributed by atoms with E-state index in [1.807, 2.05) is 121 Å². The topological polar surface area (TPSA) is 38.7 Å². The highest BCUT2D eigenvalue weighted by Gasteiger charge is 2.77. The minimum Gasteiger partial charge on any atom is -0.469 e. The van der Waals surface area contributed by atoms with Gasteiger partial charge in [-0.25, -0.2) is 0 Å². The fourth-order valence-corrected chi connectivity index (χ4v) is 7.66. The number of ether oxygens (including phenoxy) is 2. The second kappa shape index (κ2) is 10.3. The summed E-state index contributed by atoms with van der Waals surface area (Å²) in [6.45, 7) is 1.76. The van der Waals surface area contributed by atoms with Crippen molar-refractivity contribution in [1.82, 2.24) is 0 Å². The number of halogens is 4. The van der Waals surface area contributed by atoms with Crippen LogP contribution in [-0.2, 0) is 11.2 Å². The van der Waals surface area contributed by atoms with Crippen LogP contribution >= 0.6 is 46.4 Å². The molecule has 0 fully saturated rings. The molecule has 1 heterocycles. The monoisotopic (exact) mass is 644 g/mol. The smallest absolute Gasteiger partial charge is 0.214 e. The maximum absolute atomic E-state index is 13.3. The molecule has 214 valence electrons. The van der Waals surface area contributed by atoms with Gasteiger partial charge in [-0.15, -0.1) is 0 Å². The van der Waals surface area contributed by atoms with E-state index in [-0.39, 0.29) is 31.6 Å². The van der Waals surface area contributed by atoms with Crippen molar-refractivity contribution in [3.63, 3.8) is 0 Å². The molecule has 43 heavy (non-hydrogen) atoms.